The number of carbonyl (C=O) groups excluding carboxylic acids is 3. The van der Waals surface area contributed by atoms with Crippen molar-refractivity contribution in [3.05, 3.63) is 48.3 Å². The van der Waals surface area contributed by atoms with Crippen molar-refractivity contribution in [1.29, 1.82) is 0 Å². The molecule has 3 rings (SSSR count). The van der Waals surface area contributed by atoms with Crippen LogP contribution in [0.25, 0.3) is 0 Å². The number of rotatable bonds is 5. The summed E-state index contributed by atoms with van der Waals surface area (Å²) in [7, 11) is 1.51. The monoisotopic (exact) mass is 443 g/mol. The van der Waals surface area contributed by atoms with Gasteiger partial charge < -0.3 is 19.7 Å². The standard InChI is InChI=1S/C23H26FN3O5/c1-23(2,3)32-22(30)26-17-12-15(9-10-16(17)24)25-21(29)14-11-20(28)27(13-14)18-7-5-6-8-19(18)31-4/h5-10,12,14H,11,13H2,1-4H3,(H,25,29)(H,26,30). The van der Waals surface area contributed by atoms with E-state index in [9.17, 15) is 18.8 Å². The van der Waals surface area contributed by atoms with E-state index >= 15 is 0 Å². The molecule has 0 saturated carbocycles. The van der Waals surface area contributed by atoms with Crippen LogP contribution in [0, 0.1) is 11.7 Å². The van der Waals surface area contributed by atoms with Gasteiger partial charge in [0.05, 0.1) is 24.4 Å². The van der Waals surface area contributed by atoms with Crippen LogP contribution in [-0.2, 0) is 14.3 Å². The second-order valence-corrected chi connectivity index (χ2v) is 8.39. The number of benzene rings is 2. The first-order chi connectivity index (χ1) is 15.1. The minimum atomic E-state index is -0.811. The van der Waals surface area contributed by atoms with E-state index in [1.165, 1.54) is 24.1 Å². The summed E-state index contributed by atoms with van der Waals surface area (Å²) in [6, 6.07) is 10.9. The Morgan fingerprint density at radius 2 is 1.84 bits per heavy atom. The van der Waals surface area contributed by atoms with Crippen molar-refractivity contribution >= 4 is 35.0 Å². The molecule has 3 amide bonds. The van der Waals surface area contributed by atoms with Crippen LogP contribution in [0.1, 0.15) is 27.2 Å². The maximum Gasteiger partial charge on any atom is 0.412 e. The highest BCUT2D eigenvalue weighted by atomic mass is 19.1. The molecule has 1 heterocycles. The zero-order valence-corrected chi connectivity index (χ0v) is 18.4. The number of nitrogens with zero attached hydrogens (tertiary/aromatic N) is 1. The highest BCUT2D eigenvalue weighted by molar-refractivity contribution is 6.04. The minimum Gasteiger partial charge on any atom is -0.495 e. The average molecular weight is 443 g/mol. The molecule has 1 aliphatic rings. The van der Waals surface area contributed by atoms with E-state index in [0.29, 0.717) is 11.4 Å². The summed E-state index contributed by atoms with van der Waals surface area (Å²) in [4.78, 5) is 38.8. The Morgan fingerprint density at radius 3 is 2.53 bits per heavy atom. The lowest BCUT2D eigenvalue weighted by Crippen LogP contribution is -2.28. The quantitative estimate of drug-likeness (QED) is 0.723. The minimum absolute atomic E-state index is 0.0358. The summed E-state index contributed by atoms with van der Waals surface area (Å²) >= 11 is 0. The lowest BCUT2D eigenvalue weighted by Gasteiger charge is -2.20. The highest BCUT2D eigenvalue weighted by Gasteiger charge is 2.36. The van der Waals surface area contributed by atoms with Crippen LogP contribution < -0.4 is 20.3 Å². The summed E-state index contributed by atoms with van der Waals surface area (Å²) in [5.74, 6) is -1.31. The molecule has 0 bridgehead atoms. The van der Waals surface area contributed by atoms with Gasteiger partial charge in [-0.05, 0) is 51.1 Å². The van der Waals surface area contributed by atoms with E-state index in [0.717, 1.165) is 6.07 Å². The zero-order chi connectivity index (χ0) is 23.5. The Balaban J connectivity index is 1.68. The molecule has 32 heavy (non-hydrogen) atoms. The van der Waals surface area contributed by atoms with E-state index in [1.54, 1.807) is 45.0 Å². The molecule has 9 heteroatoms. The van der Waals surface area contributed by atoms with Crippen molar-refractivity contribution in [3.63, 3.8) is 0 Å². The number of methoxy groups -OCH3 is 1. The summed E-state index contributed by atoms with van der Waals surface area (Å²) < 4.78 is 24.6. The van der Waals surface area contributed by atoms with Gasteiger partial charge in [0.2, 0.25) is 11.8 Å². The van der Waals surface area contributed by atoms with Crippen LogP contribution in [0.15, 0.2) is 42.5 Å². The van der Waals surface area contributed by atoms with E-state index in [4.69, 9.17) is 9.47 Å². The van der Waals surface area contributed by atoms with Crippen molar-refractivity contribution in [2.45, 2.75) is 32.8 Å². The predicted molar refractivity (Wildman–Crippen MR) is 118 cm³/mol. The molecule has 1 unspecified atom stereocenters. The SMILES string of the molecule is COc1ccccc1N1CC(C(=O)Nc2ccc(F)c(NC(=O)OC(C)(C)C)c2)CC1=O. The van der Waals surface area contributed by atoms with Gasteiger partial charge in [-0.3, -0.25) is 14.9 Å². The van der Waals surface area contributed by atoms with Crippen molar-refractivity contribution in [2.75, 3.05) is 29.2 Å². The molecule has 1 aliphatic heterocycles. The van der Waals surface area contributed by atoms with Crippen LogP contribution in [0.4, 0.5) is 26.2 Å². The Morgan fingerprint density at radius 1 is 1.12 bits per heavy atom. The van der Waals surface area contributed by atoms with E-state index in [-0.39, 0.29) is 36.2 Å². The number of nitrogens with one attached hydrogen (secondary N) is 2. The van der Waals surface area contributed by atoms with Gasteiger partial charge in [0.25, 0.3) is 0 Å². The molecule has 0 aliphatic carbocycles. The number of halogens is 1. The molecule has 8 nitrogen and oxygen atoms in total. The van der Waals surface area contributed by atoms with Gasteiger partial charge in [0.15, 0.2) is 0 Å². The largest absolute Gasteiger partial charge is 0.495 e. The van der Waals surface area contributed by atoms with Crippen LogP contribution in [0.3, 0.4) is 0 Å². The molecule has 1 fully saturated rings. The number of hydrogen-bond acceptors (Lipinski definition) is 5. The highest BCUT2D eigenvalue weighted by Crippen LogP contribution is 2.33. The first-order valence-corrected chi connectivity index (χ1v) is 10.1. The molecule has 170 valence electrons. The smallest absolute Gasteiger partial charge is 0.412 e. The number of ether oxygens (including phenoxy) is 2. The fourth-order valence-electron chi connectivity index (χ4n) is 3.33. The van der Waals surface area contributed by atoms with Gasteiger partial charge in [-0.2, -0.15) is 0 Å². The molecule has 0 spiro atoms. The van der Waals surface area contributed by atoms with Gasteiger partial charge in [0, 0.05) is 18.7 Å². The molecule has 2 N–H and O–H groups in total. The van der Waals surface area contributed by atoms with Gasteiger partial charge in [-0.1, -0.05) is 12.1 Å². The third-order valence-electron chi connectivity index (χ3n) is 4.74. The second kappa shape index (κ2) is 9.25. The fourth-order valence-corrected chi connectivity index (χ4v) is 3.33. The third kappa shape index (κ3) is 5.54. The molecule has 1 atom stereocenters. The van der Waals surface area contributed by atoms with E-state index in [1.807, 2.05) is 0 Å². The van der Waals surface area contributed by atoms with Gasteiger partial charge >= 0.3 is 6.09 Å². The van der Waals surface area contributed by atoms with Gasteiger partial charge in [0.1, 0.15) is 17.2 Å². The van der Waals surface area contributed by atoms with Crippen LogP contribution in [0.5, 0.6) is 5.75 Å². The Labute approximate surface area is 185 Å². The van der Waals surface area contributed by atoms with E-state index < -0.39 is 23.4 Å². The van der Waals surface area contributed by atoms with Gasteiger partial charge in [-0.15, -0.1) is 0 Å². The van der Waals surface area contributed by atoms with Crippen molar-refractivity contribution in [1.82, 2.24) is 0 Å². The number of anilines is 3. The molecule has 0 aromatic heterocycles. The Kier molecular flexibility index (Phi) is 6.67. The first-order valence-electron chi connectivity index (χ1n) is 10.1. The van der Waals surface area contributed by atoms with Gasteiger partial charge in [-0.25, -0.2) is 9.18 Å². The molecule has 1 saturated heterocycles. The maximum absolute atomic E-state index is 14.1. The summed E-state index contributed by atoms with van der Waals surface area (Å²) in [6.07, 6.45) is -0.776. The molecular formula is C23H26FN3O5. The van der Waals surface area contributed by atoms with Crippen LogP contribution in [-0.4, -0.2) is 37.2 Å². The number of carbonyl (C=O) groups is 3. The van der Waals surface area contributed by atoms with Crippen molar-refractivity contribution in [2.24, 2.45) is 5.92 Å². The van der Waals surface area contributed by atoms with Crippen molar-refractivity contribution in [3.8, 4) is 5.75 Å². The molecular weight excluding hydrogens is 417 g/mol. The fraction of sp³-hybridized carbons (Fsp3) is 0.348. The predicted octanol–water partition coefficient (Wildman–Crippen LogP) is 4.17. The lowest BCUT2D eigenvalue weighted by molar-refractivity contribution is -0.122. The topological polar surface area (TPSA) is 97.0 Å². The second-order valence-electron chi connectivity index (χ2n) is 8.39. The number of amides is 3. The summed E-state index contributed by atoms with van der Waals surface area (Å²) in [5.41, 5.74) is 0.0103. The number of para-hydroxylation sites is 2. The molecule has 2 aromatic rings. The summed E-state index contributed by atoms with van der Waals surface area (Å²) in [5, 5.41) is 5.02. The number of hydrogen-bond donors (Lipinski definition) is 2. The lowest BCUT2D eigenvalue weighted by atomic mass is 10.1. The van der Waals surface area contributed by atoms with Crippen molar-refractivity contribution < 1.29 is 28.2 Å². The Bertz CT molecular complexity index is 1030. The van der Waals surface area contributed by atoms with Crippen LogP contribution >= 0.6 is 0 Å². The third-order valence-corrected chi connectivity index (χ3v) is 4.74. The molecule has 2 aromatic carbocycles. The van der Waals surface area contributed by atoms with Crippen LogP contribution in [0.2, 0.25) is 0 Å². The van der Waals surface area contributed by atoms with E-state index in [2.05, 4.69) is 10.6 Å². The Hall–Kier alpha value is -3.62. The summed E-state index contributed by atoms with van der Waals surface area (Å²) in [6.45, 7) is 5.26. The normalized spacial score (nSPS) is 16.0. The average Bonchev–Trinajstić information content (AvgIpc) is 3.10. The zero-order valence-electron chi connectivity index (χ0n) is 18.4. The first kappa shape index (κ1) is 23.1. The molecule has 0 radical (unpaired) electrons. The maximum atomic E-state index is 14.1.